The van der Waals surface area contributed by atoms with Crippen LogP contribution < -0.4 is 10.5 Å². The van der Waals surface area contributed by atoms with E-state index in [1.54, 1.807) is 26.0 Å². The highest BCUT2D eigenvalue weighted by Gasteiger charge is 2.20. The van der Waals surface area contributed by atoms with Crippen LogP contribution in [0.25, 0.3) is 0 Å². The number of hydrogen-bond donors (Lipinski definition) is 1. The first-order valence-electron chi connectivity index (χ1n) is 6.37. The number of aryl methyl sites for hydroxylation is 1. The van der Waals surface area contributed by atoms with Gasteiger partial charge in [0.2, 0.25) is 5.75 Å². The van der Waals surface area contributed by atoms with E-state index in [9.17, 15) is 14.5 Å². The lowest BCUT2D eigenvalue weighted by Gasteiger charge is -2.15. The van der Waals surface area contributed by atoms with Crippen LogP contribution in [0.5, 0.6) is 11.5 Å². The molecule has 0 saturated carbocycles. The predicted molar refractivity (Wildman–Crippen MR) is 76.9 cm³/mol. The Bertz CT molecular complexity index is 687. The molecule has 0 aromatic heterocycles. The van der Waals surface area contributed by atoms with Gasteiger partial charge in [0.25, 0.3) is 0 Å². The molecule has 0 radical (unpaired) electrons. The summed E-state index contributed by atoms with van der Waals surface area (Å²) in [4.78, 5) is 10.6. The maximum atomic E-state index is 13.3. The first kappa shape index (κ1) is 14.9. The van der Waals surface area contributed by atoms with Gasteiger partial charge in [0.1, 0.15) is 11.6 Å². The summed E-state index contributed by atoms with van der Waals surface area (Å²) in [5, 5.41) is 11.1. The number of ether oxygens (including phenoxy) is 1. The molecular weight excluding hydrogens is 275 g/mol. The number of hydrogen-bond acceptors (Lipinski definition) is 4. The maximum Gasteiger partial charge on any atom is 0.311 e. The SMILES string of the molecule is Cc1cccc([N+](=O)[O-])c1Oc1ccc(F)cc1[C@H](C)N. The summed E-state index contributed by atoms with van der Waals surface area (Å²) in [6.45, 7) is 3.39. The molecule has 2 rings (SSSR count). The average Bonchev–Trinajstić information content (AvgIpc) is 2.42. The summed E-state index contributed by atoms with van der Waals surface area (Å²) in [7, 11) is 0. The number of rotatable bonds is 4. The fourth-order valence-electron chi connectivity index (χ4n) is 1.99. The van der Waals surface area contributed by atoms with Crippen molar-refractivity contribution in [2.24, 2.45) is 5.73 Å². The third kappa shape index (κ3) is 3.17. The molecule has 2 aromatic rings. The van der Waals surface area contributed by atoms with E-state index in [4.69, 9.17) is 10.5 Å². The van der Waals surface area contributed by atoms with Crippen molar-refractivity contribution >= 4 is 5.69 Å². The van der Waals surface area contributed by atoms with Crippen molar-refractivity contribution in [2.75, 3.05) is 0 Å². The summed E-state index contributed by atoms with van der Waals surface area (Å²) < 4.78 is 19.0. The fraction of sp³-hybridized carbons (Fsp3) is 0.200. The molecule has 0 spiro atoms. The minimum atomic E-state index is -0.516. The van der Waals surface area contributed by atoms with Crippen LogP contribution >= 0.6 is 0 Å². The Balaban J connectivity index is 2.51. The third-order valence-electron chi connectivity index (χ3n) is 3.06. The van der Waals surface area contributed by atoms with E-state index in [0.717, 1.165) is 0 Å². The summed E-state index contributed by atoms with van der Waals surface area (Å²) in [6.07, 6.45) is 0. The number of halogens is 1. The third-order valence-corrected chi connectivity index (χ3v) is 3.06. The number of para-hydroxylation sites is 1. The van der Waals surface area contributed by atoms with Gasteiger partial charge in [-0.1, -0.05) is 12.1 Å². The smallest absolute Gasteiger partial charge is 0.311 e. The number of nitro benzene ring substituents is 1. The Morgan fingerprint density at radius 3 is 2.67 bits per heavy atom. The van der Waals surface area contributed by atoms with Crippen LogP contribution in [0.4, 0.5) is 10.1 Å². The second-order valence-corrected chi connectivity index (χ2v) is 4.75. The monoisotopic (exact) mass is 290 g/mol. The van der Waals surface area contributed by atoms with Crippen molar-refractivity contribution in [3.63, 3.8) is 0 Å². The second-order valence-electron chi connectivity index (χ2n) is 4.75. The van der Waals surface area contributed by atoms with Gasteiger partial charge < -0.3 is 10.5 Å². The van der Waals surface area contributed by atoms with Gasteiger partial charge in [0.05, 0.1) is 4.92 Å². The quantitative estimate of drug-likeness (QED) is 0.685. The summed E-state index contributed by atoms with van der Waals surface area (Å²) >= 11 is 0. The zero-order chi connectivity index (χ0) is 15.6. The molecule has 6 heteroatoms. The zero-order valence-electron chi connectivity index (χ0n) is 11.7. The molecular formula is C15H15FN2O3. The molecule has 0 aliphatic carbocycles. The highest BCUT2D eigenvalue weighted by Crippen LogP contribution is 2.37. The average molecular weight is 290 g/mol. The van der Waals surface area contributed by atoms with Crippen molar-refractivity contribution in [3.8, 4) is 11.5 Å². The summed E-state index contributed by atoms with van der Waals surface area (Å²) in [5.41, 5.74) is 6.72. The molecule has 21 heavy (non-hydrogen) atoms. The zero-order valence-corrected chi connectivity index (χ0v) is 11.7. The van der Waals surface area contributed by atoms with E-state index < -0.39 is 16.8 Å². The van der Waals surface area contributed by atoms with E-state index in [2.05, 4.69) is 0 Å². The van der Waals surface area contributed by atoms with Crippen molar-refractivity contribution in [1.29, 1.82) is 0 Å². The van der Waals surface area contributed by atoms with Crippen LogP contribution in [-0.2, 0) is 0 Å². The van der Waals surface area contributed by atoms with Crippen molar-refractivity contribution in [1.82, 2.24) is 0 Å². The molecule has 0 heterocycles. The van der Waals surface area contributed by atoms with E-state index >= 15 is 0 Å². The van der Waals surface area contributed by atoms with E-state index in [-0.39, 0.29) is 11.4 Å². The number of benzene rings is 2. The van der Waals surface area contributed by atoms with Gasteiger partial charge in [-0.3, -0.25) is 10.1 Å². The lowest BCUT2D eigenvalue weighted by atomic mass is 10.1. The Morgan fingerprint density at radius 1 is 1.33 bits per heavy atom. The van der Waals surface area contributed by atoms with Crippen molar-refractivity contribution < 1.29 is 14.1 Å². The normalized spacial score (nSPS) is 12.0. The van der Waals surface area contributed by atoms with Gasteiger partial charge in [-0.2, -0.15) is 0 Å². The molecule has 0 aliphatic rings. The van der Waals surface area contributed by atoms with Gasteiger partial charge in [-0.05, 0) is 37.6 Å². The molecule has 110 valence electrons. The van der Waals surface area contributed by atoms with Crippen LogP contribution in [-0.4, -0.2) is 4.92 Å². The first-order chi connectivity index (χ1) is 9.90. The lowest BCUT2D eigenvalue weighted by Crippen LogP contribution is -2.07. The van der Waals surface area contributed by atoms with Gasteiger partial charge in [-0.15, -0.1) is 0 Å². The molecule has 0 bridgehead atoms. The van der Waals surface area contributed by atoms with Crippen LogP contribution in [0.1, 0.15) is 24.1 Å². The highest BCUT2D eigenvalue weighted by atomic mass is 19.1. The molecule has 0 amide bonds. The number of nitrogens with two attached hydrogens (primary N) is 1. The molecule has 0 unspecified atom stereocenters. The molecule has 5 nitrogen and oxygen atoms in total. The van der Waals surface area contributed by atoms with Crippen LogP contribution in [0.3, 0.4) is 0 Å². The first-order valence-corrected chi connectivity index (χ1v) is 6.37. The molecule has 0 aliphatic heterocycles. The molecule has 0 fully saturated rings. The minimum absolute atomic E-state index is 0.135. The molecule has 2 aromatic carbocycles. The minimum Gasteiger partial charge on any atom is -0.449 e. The standard InChI is InChI=1S/C15H15FN2O3/c1-9-4-3-5-13(18(19)20)15(9)21-14-7-6-11(16)8-12(14)10(2)17/h3-8,10H,17H2,1-2H3/t10-/m0/s1. The lowest BCUT2D eigenvalue weighted by molar-refractivity contribution is -0.385. The van der Waals surface area contributed by atoms with Crippen molar-refractivity contribution in [3.05, 3.63) is 63.5 Å². The molecule has 2 N–H and O–H groups in total. The van der Waals surface area contributed by atoms with Crippen LogP contribution in [0.15, 0.2) is 36.4 Å². The Kier molecular flexibility index (Phi) is 4.18. The summed E-state index contributed by atoms with van der Waals surface area (Å²) in [6, 6.07) is 8.10. The topological polar surface area (TPSA) is 78.4 Å². The van der Waals surface area contributed by atoms with Crippen LogP contribution in [0, 0.1) is 22.9 Å². The highest BCUT2D eigenvalue weighted by molar-refractivity contribution is 5.54. The maximum absolute atomic E-state index is 13.3. The molecule has 1 atom stereocenters. The van der Waals surface area contributed by atoms with Gasteiger partial charge in [0.15, 0.2) is 0 Å². The Morgan fingerprint density at radius 2 is 2.05 bits per heavy atom. The second kappa shape index (κ2) is 5.88. The number of nitrogens with zero attached hydrogens (tertiary/aromatic N) is 1. The summed E-state index contributed by atoms with van der Waals surface area (Å²) in [5.74, 6) is 0.00809. The van der Waals surface area contributed by atoms with E-state index in [0.29, 0.717) is 16.9 Å². The fourth-order valence-corrected chi connectivity index (χ4v) is 1.99. The predicted octanol–water partition coefficient (Wildman–Crippen LogP) is 3.85. The Labute approximate surface area is 121 Å². The molecule has 0 saturated heterocycles. The van der Waals surface area contributed by atoms with Gasteiger partial charge >= 0.3 is 5.69 Å². The number of nitro groups is 1. The van der Waals surface area contributed by atoms with Gasteiger partial charge in [-0.25, -0.2) is 4.39 Å². The van der Waals surface area contributed by atoms with E-state index in [1.807, 2.05) is 0 Å². The largest absolute Gasteiger partial charge is 0.449 e. The van der Waals surface area contributed by atoms with Crippen molar-refractivity contribution in [2.45, 2.75) is 19.9 Å². The van der Waals surface area contributed by atoms with Crippen LogP contribution in [0.2, 0.25) is 0 Å². The van der Waals surface area contributed by atoms with E-state index in [1.165, 1.54) is 24.3 Å². The van der Waals surface area contributed by atoms with Gasteiger partial charge in [0, 0.05) is 17.7 Å². The Hall–Kier alpha value is -2.47.